The highest BCUT2D eigenvalue weighted by Crippen LogP contribution is 2.43. The zero-order valence-corrected chi connectivity index (χ0v) is 28.0. The summed E-state index contributed by atoms with van der Waals surface area (Å²) in [6.45, 7) is 0. The number of aromatic nitrogens is 4. The summed E-state index contributed by atoms with van der Waals surface area (Å²) in [5, 5.41) is 14.4. The molecule has 242 valence electrons. The fourth-order valence-corrected chi connectivity index (χ4v) is 7.70. The Hall–Kier alpha value is -7.29. The van der Waals surface area contributed by atoms with Crippen molar-refractivity contribution in [1.29, 1.82) is 5.26 Å². The number of nitrogens with zero attached hydrogens (tertiary/aromatic N) is 5. The second kappa shape index (κ2) is 11.9. The van der Waals surface area contributed by atoms with Gasteiger partial charge in [0.2, 0.25) is 0 Å². The highest BCUT2D eigenvalue weighted by molar-refractivity contribution is 6.26. The van der Waals surface area contributed by atoms with Crippen LogP contribution < -0.4 is 0 Å². The van der Waals surface area contributed by atoms with E-state index in [9.17, 15) is 5.26 Å². The van der Waals surface area contributed by atoms with Gasteiger partial charge in [0.1, 0.15) is 0 Å². The molecular formula is C47H29N5. The molecule has 10 rings (SSSR count). The molecule has 3 aromatic heterocycles. The maximum absolute atomic E-state index is 9.78. The molecule has 0 spiro atoms. The number of nitriles is 1. The Morgan fingerprint density at radius 1 is 0.462 bits per heavy atom. The van der Waals surface area contributed by atoms with Gasteiger partial charge in [-0.1, -0.05) is 127 Å². The Kier molecular flexibility index (Phi) is 6.80. The highest BCUT2D eigenvalue weighted by Gasteiger charge is 2.23. The number of para-hydroxylation sites is 3. The fraction of sp³-hybridized carbons (Fsp3) is 0. The molecule has 0 N–H and O–H groups in total. The monoisotopic (exact) mass is 663 g/mol. The van der Waals surface area contributed by atoms with Gasteiger partial charge in [0.15, 0.2) is 5.82 Å². The van der Waals surface area contributed by atoms with Crippen molar-refractivity contribution in [2.45, 2.75) is 0 Å². The number of fused-ring (bicyclic) bond motifs is 7. The van der Waals surface area contributed by atoms with Crippen molar-refractivity contribution in [3.8, 4) is 51.3 Å². The minimum atomic E-state index is 0.627. The minimum Gasteiger partial charge on any atom is -0.309 e. The van der Waals surface area contributed by atoms with Crippen LogP contribution in [0.25, 0.3) is 88.9 Å². The Bertz CT molecular complexity index is 2960. The van der Waals surface area contributed by atoms with E-state index in [0.29, 0.717) is 11.4 Å². The van der Waals surface area contributed by atoms with Crippen LogP contribution in [0, 0.1) is 11.3 Å². The molecule has 0 unspecified atom stereocenters. The van der Waals surface area contributed by atoms with Gasteiger partial charge in [-0.15, -0.1) is 0 Å². The summed E-state index contributed by atoms with van der Waals surface area (Å²) in [6.07, 6.45) is 0. The summed E-state index contributed by atoms with van der Waals surface area (Å²) in [4.78, 5) is 10.3. The lowest BCUT2D eigenvalue weighted by atomic mass is 10.0. The average Bonchev–Trinajstić information content (AvgIpc) is 3.74. The van der Waals surface area contributed by atoms with Crippen molar-refractivity contribution < 1.29 is 0 Å². The maximum Gasteiger partial charge on any atom is 0.160 e. The third-order valence-electron chi connectivity index (χ3n) is 9.95. The van der Waals surface area contributed by atoms with E-state index in [2.05, 4.69) is 137 Å². The molecule has 52 heavy (non-hydrogen) atoms. The molecule has 0 bridgehead atoms. The molecule has 0 aliphatic carbocycles. The molecule has 0 saturated carbocycles. The molecule has 3 heterocycles. The van der Waals surface area contributed by atoms with Crippen molar-refractivity contribution in [2.24, 2.45) is 0 Å². The van der Waals surface area contributed by atoms with E-state index in [1.165, 1.54) is 10.8 Å². The molecule has 10 aromatic rings. The lowest BCUT2D eigenvalue weighted by Gasteiger charge is -2.16. The van der Waals surface area contributed by atoms with Gasteiger partial charge in [-0.25, -0.2) is 9.97 Å². The van der Waals surface area contributed by atoms with E-state index in [1.807, 2.05) is 54.6 Å². The van der Waals surface area contributed by atoms with E-state index in [-0.39, 0.29) is 0 Å². The summed E-state index contributed by atoms with van der Waals surface area (Å²) < 4.78 is 4.69. The number of hydrogen-bond acceptors (Lipinski definition) is 3. The molecule has 0 atom stereocenters. The van der Waals surface area contributed by atoms with E-state index in [0.717, 1.165) is 72.3 Å². The summed E-state index contributed by atoms with van der Waals surface area (Å²) in [7, 11) is 0. The molecule has 0 aliphatic rings. The summed E-state index contributed by atoms with van der Waals surface area (Å²) in [6, 6.07) is 63.0. The Balaban J connectivity index is 1.31. The van der Waals surface area contributed by atoms with Crippen LogP contribution in [-0.2, 0) is 0 Å². The zero-order chi connectivity index (χ0) is 34.6. The zero-order valence-electron chi connectivity index (χ0n) is 28.0. The van der Waals surface area contributed by atoms with Crippen LogP contribution in [0.1, 0.15) is 5.56 Å². The van der Waals surface area contributed by atoms with Crippen molar-refractivity contribution in [1.82, 2.24) is 19.1 Å². The van der Waals surface area contributed by atoms with Crippen molar-refractivity contribution in [3.63, 3.8) is 0 Å². The van der Waals surface area contributed by atoms with Crippen molar-refractivity contribution in [2.75, 3.05) is 0 Å². The summed E-state index contributed by atoms with van der Waals surface area (Å²) in [5.74, 6) is 0.680. The Morgan fingerprint density at radius 2 is 1.12 bits per heavy atom. The number of rotatable bonds is 5. The molecular weight excluding hydrogens is 635 g/mol. The van der Waals surface area contributed by atoms with E-state index in [1.54, 1.807) is 0 Å². The van der Waals surface area contributed by atoms with E-state index >= 15 is 0 Å². The van der Waals surface area contributed by atoms with Crippen LogP contribution in [0.4, 0.5) is 0 Å². The SMILES string of the molecule is N#Cc1cccc(-n2c3ccccc3c3c2ccc2c4ccccc4n(-c4ccccc4-c4cc(-c5ccccc5)nc(-c5ccccc5)n4)c23)c1. The normalized spacial score (nSPS) is 11.4. The Labute approximate surface area is 299 Å². The summed E-state index contributed by atoms with van der Waals surface area (Å²) >= 11 is 0. The van der Waals surface area contributed by atoms with Crippen LogP contribution in [-0.4, -0.2) is 19.1 Å². The van der Waals surface area contributed by atoms with Crippen LogP contribution in [0.2, 0.25) is 0 Å². The predicted octanol–water partition coefficient (Wildman–Crippen LogP) is 11.5. The van der Waals surface area contributed by atoms with Crippen LogP contribution >= 0.6 is 0 Å². The molecule has 0 saturated heterocycles. The van der Waals surface area contributed by atoms with Gasteiger partial charge in [0.25, 0.3) is 0 Å². The second-order valence-corrected chi connectivity index (χ2v) is 12.9. The first-order valence-electron chi connectivity index (χ1n) is 17.3. The fourth-order valence-electron chi connectivity index (χ4n) is 7.70. The minimum absolute atomic E-state index is 0.627. The highest BCUT2D eigenvalue weighted by atomic mass is 15.0. The molecule has 0 radical (unpaired) electrons. The van der Waals surface area contributed by atoms with Gasteiger partial charge >= 0.3 is 0 Å². The summed E-state index contributed by atoms with van der Waals surface area (Å²) in [5.41, 5.74) is 11.7. The Morgan fingerprint density at radius 3 is 1.90 bits per heavy atom. The smallest absolute Gasteiger partial charge is 0.160 e. The molecule has 5 heteroatoms. The predicted molar refractivity (Wildman–Crippen MR) is 212 cm³/mol. The van der Waals surface area contributed by atoms with Crippen LogP contribution in [0.5, 0.6) is 0 Å². The van der Waals surface area contributed by atoms with Gasteiger partial charge < -0.3 is 9.13 Å². The first kappa shape index (κ1) is 29.6. The molecule has 0 fully saturated rings. The quantitative estimate of drug-likeness (QED) is 0.184. The molecule has 7 aromatic carbocycles. The third kappa shape index (κ3) is 4.63. The number of benzene rings is 7. The first-order chi connectivity index (χ1) is 25.8. The maximum atomic E-state index is 9.78. The van der Waals surface area contributed by atoms with Gasteiger partial charge in [0.05, 0.1) is 50.8 Å². The van der Waals surface area contributed by atoms with Gasteiger partial charge in [0, 0.05) is 43.9 Å². The standard InChI is InChI=1S/C47H29N5/c48-30-31-14-13-19-34(28-31)51-43-25-12-9-22-38(43)45-44(51)27-26-36-35-20-7-10-23-41(35)52(46(36)45)42-24-11-8-21-37(42)40-29-39(32-15-3-1-4-16-32)49-47(50-40)33-17-5-2-6-18-33/h1-29H. The second-order valence-electron chi connectivity index (χ2n) is 12.9. The van der Waals surface area contributed by atoms with E-state index < -0.39 is 0 Å². The largest absolute Gasteiger partial charge is 0.309 e. The first-order valence-corrected chi connectivity index (χ1v) is 17.3. The van der Waals surface area contributed by atoms with Crippen LogP contribution in [0.3, 0.4) is 0 Å². The number of hydrogen-bond donors (Lipinski definition) is 0. The lowest BCUT2D eigenvalue weighted by molar-refractivity contribution is 1.15. The van der Waals surface area contributed by atoms with Gasteiger partial charge in [-0.05, 0) is 48.5 Å². The van der Waals surface area contributed by atoms with Gasteiger partial charge in [-0.2, -0.15) is 5.26 Å². The molecule has 0 aliphatic heterocycles. The van der Waals surface area contributed by atoms with E-state index in [4.69, 9.17) is 9.97 Å². The van der Waals surface area contributed by atoms with Crippen LogP contribution in [0.15, 0.2) is 176 Å². The molecule has 5 nitrogen and oxygen atoms in total. The van der Waals surface area contributed by atoms with Crippen molar-refractivity contribution in [3.05, 3.63) is 181 Å². The third-order valence-corrected chi connectivity index (χ3v) is 9.95. The van der Waals surface area contributed by atoms with Gasteiger partial charge in [-0.3, -0.25) is 0 Å². The molecule has 0 amide bonds. The topological polar surface area (TPSA) is 59.4 Å². The average molecular weight is 664 g/mol. The van der Waals surface area contributed by atoms with Crippen molar-refractivity contribution >= 4 is 43.6 Å². The lowest BCUT2D eigenvalue weighted by Crippen LogP contribution is -2.01.